The molecular weight excluding hydrogens is 462 g/mol. The maximum absolute atomic E-state index is 13.3. The number of carboxylic acid groups (broad SMARTS) is 1. The number of pyridine rings is 1. The quantitative estimate of drug-likeness (QED) is 0.388. The van der Waals surface area contributed by atoms with E-state index >= 15 is 0 Å². The van der Waals surface area contributed by atoms with Crippen molar-refractivity contribution in [2.24, 2.45) is 7.05 Å². The largest absolute Gasteiger partial charge is 0.476 e. The molecule has 3 aromatic heterocycles. The van der Waals surface area contributed by atoms with Crippen LogP contribution in [-0.4, -0.2) is 30.6 Å². The minimum Gasteiger partial charge on any atom is -0.476 e. The average molecular weight is 484 g/mol. The summed E-state index contributed by atoms with van der Waals surface area (Å²) in [6, 6.07) is 6.48. The molecule has 4 rings (SSSR count). The molecule has 0 saturated carbocycles. The number of nitrogens with one attached hydrogen (secondary N) is 1. The van der Waals surface area contributed by atoms with Gasteiger partial charge in [-0.3, -0.25) is 9.36 Å². The standard InChI is InChI=1S/C23H22ClN5O3S/c1-10-8-14(11(2)25-16-6-7-17(24)27-20(16)23(31)32)19-15(9-10)22(30)29(5)21(28-19)18-12(3)33-13(4)26-18/h6-9,11,25H,1-5H3,(H,31,32). The van der Waals surface area contributed by atoms with Crippen LogP contribution in [0.25, 0.3) is 22.4 Å². The first-order chi connectivity index (χ1) is 15.6. The number of thiazole rings is 1. The van der Waals surface area contributed by atoms with Crippen LogP contribution in [-0.2, 0) is 7.05 Å². The van der Waals surface area contributed by atoms with Crippen molar-refractivity contribution >= 4 is 45.5 Å². The number of hydrogen-bond acceptors (Lipinski definition) is 7. The number of aromatic carboxylic acids is 1. The number of fused-ring (bicyclic) bond motifs is 1. The van der Waals surface area contributed by atoms with Crippen LogP contribution >= 0.6 is 22.9 Å². The number of carboxylic acids is 1. The second-order valence-electron chi connectivity index (χ2n) is 7.89. The molecule has 0 amide bonds. The van der Waals surface area contributed by atoms with Crippen molar-refractivity contribution in [2.75, 3.05) is 5.32 Å². The van der Waals surface area contributed by atoms with Crippen molar-refractivity contribution in [2.45, 2.75) is 33.7 Å². The van der Waals surface area contributed by atoms with E-state index in [1.807, 2.05) is 39.8 Å². The molecule has 0 bridgehead atoms. The minimum atomic E-state index is -1.19. The highest BCUT2D eigenvalue weighted by Gasteiger charge is 2.21. The van der Waals surface area contributed by atoms with Crippen LogP contribution in [0, 0.1) is 20.8 Å². The van der Waals surface area contributed by atoms with Crippen LogP contribution in [0.2, 0.25) is 5.15 Å². The Morgan fingerprint density at radius 1 is 1.18 bits per heavy atom. The summed E-state index contributed by atoms with van der Waals surface area (Å²) in [7, 11) is 1.69. The first-order valence-electron chi connectivity index (χ1n) is 10.2. The summed E-state index contributed by atoms with van der Waals surface area (Å²) < 4.78 is 1.52. The fourth-order valence-electron chi connectivity index (χ4n) is 3.86. The zero-order valence-electron chi connectivity index (χ0n) is 18.7. The number of aryl methyl sites for hydroxylation is 3. The number of aromatic nitrogens is 4. The van der Waals surface area contributed by atoms with Crippen LogP contribution in [0.1, 0.15) is 44.5 Å². The first-order valence-corrected chi connectivity index (χ1v) is 11.4. The number of hydrogen-bond donors (Lipinski definition) is 2. The normalized spacial score (nSPS) is 12.2. The molecule has 0 aliphatic carbocycles. The zero-order valence-corrected chi connectivity index (χ0v) is 20.3. The number of anilines is 1. The second kappa shape index (κ2) is 8.57. The molecule has 0 fully saturated rings. The van der Waals surface area contributed by atoms with Crippen molar-refractivity contribution in [3.63, 3.8) is 0 Å². The van der Waals surface area contributed by atoms with E-state index in [-0.39, 0.29) is 22.4 Å². The smallest absolute Gasteiger partial charge is 0.356 e. The third-order valence-electron chi connectivity index (χ3n) is 5.37. The van der Waals surface area contributed by atoms with Gasteiger partial charge in [-0.15, -0.1) is 11.3 Å². The fourth-order valence-corrected chi connectivity index (χ4v) is 4.82. The molecular formula is C23H22ClN5O3S. The Labute approximate surface area is 198 Å². The molecule has 0 radical (unpaired) electrons. The fraction of sp³-hybridized carbons (Fsp3) is 0.261. The number of carbonyl (C=O) groups is 1. The van der Waals surface area contributed by atoms with Crippen molar-refractivity contribution in [3.8, 4) is 11.5 Å². The number of nitrogens with zero attached hydrogens (tertiary/aromatic N) is 4. The molecule has 2 N–H and O–H groups in total. The van der Waals surface area contributed by atoms with Crippen LogP contribution in [0.15, 0.2) is 29.1 Å². The van der Waals surface area contributed by atoms with E-state index in [2.05, 4.69) is 15.3 Å². The topological polar surface area (TPSA) is 110 Å². The third-order valence-corrected chi connectivity index (χ3v) is 6.47. The molecule has 4 aromatic rings. The Bertz CT molecular complexity index is 1480. The predicted molar refractivity (Wildman–Crippen MR) is 131 cm³/mol. The van der Waals surface area contributed by atoms with Crippen molar-refractivity contribution in [3.05, 3.63) is 66.5 Å². The van der Waals surface area contributed by atoms with E-state index in [9.17, 15) is 14.7 Å². The first kappa shape index (κ1) is 22.9. The maximum Gasteiger partial charge on any atom is 0.356 e. The SMILES string of the molecule is Cc1cc(C(C)Nc2ccc(Cl)nc2C(=O)O)c2nc(-c3nc(C)sc3C)n(C)c(=O)c2c1. The van der Waals surface area contributed by atoms with Gasteiger partial charge in [-0.2, -0.15) is 0 Å². The van der Waals surface area contributed by atoms with Gasteiger partial charge < -0.3 is 10.4 Å². The average Bonchev–Trinajstić information content (AvgIpc) is 3.09. The van der Waals surface area contributed by atoms with Crippen LogP contribution in [0.4, 0.5) is 5.69 Å². The monoisotopic (exact) mass is 483 g/mol. The summed E-state index contributed by atoms with van der Waals surface area (Å²) >= 11 is 7.43. The molecule has 0 aliphatic heterocycles. The molecule has 170 valence electrons. The highest BCUT2D eigenvalue weighted by Crippen LogP contribution is 2.31. The lowest BCUT2D eigenvalue weighted by Crippen LogP contribution is -2.22. The third kappa shape index (κ3) is 4.21. The Balaban J connectivity index is 1.90. The van der Waals surface area contributed by atoms with Gasteiger partial charge in [-0.25, -0.2) is 19.7 Å². The van der Waals surface area contributed by atoms with Gasteiger partial charge in [-0.1, -0.05) is 17.7 Å². The maximum atomic E-state index is 13.3. The lowest BCUT2D eigenvalue weighted by molar-refractivity contribution is 0.0691. The predicted octanol–water partition coefficient (Wildman–Crippen LogP) is 4.90. The van der Waals surface area contributed by atoms with Crippen molar-refractivity contribution in [1.29, 1.82) is 0 Å². The van der Waals surface area contributed by atoms with E-state index in [0.717, 1.165) is 21.0 Å². The van der Waals surface area contributed by atoms with E-state index in [1.165, 1.54) is 10.6 Å². The highest BCUT2D eigenvalue weighted by molar-refractivity contribution is 7.11. The second-order valence-corrected chi connectivity index (χ2v) is 9.68. The van der Waals surface area contributed by atoms with Crippen molar-refractivity contribution in [1.82, 2.24) is 19.5 Å². The molecule has 1 aromatic carbocycles. The molecule has 1 unspecified atom stereocenters. The van der Waals surface area contributed by atoms with Crippen LogP contribution in [0.3, 0.4) is 0 Å². The van der Waals surface area contributed by atoms with Crippen LogP contribution in [0.5, 0.6) is 0 Å². The lowest BCUT2D eigenvalue weighted by atomic mass is 10.0. The Morgan fingerprint density at radius 3 is 2.55 bits per heavy atom. The lowest BCUT2D eigenvalue weighted by Gasteiger charge is -2.20. The molecule has 0 saturated heterocycles. The molecule has 33 heavy (non-hydrogen) atoms. The van der Waals surface area contributed by atoms with Gasteiger partial charge in [0, 0.05) is 17.5 Å². The molecule has 3 heterocycles. The molecule has 10 heteroatoms. The van der Waals surface area contributed by atoms with Gasteiger partial charge in [0.15, 0.2) is 11.5 Å². The van der Waals surface area contributed by atoms with Crippen LogP contribution < -0.4 is 10.9 Å². The van der Waals surface area contributed by atoms with E-state index in [4.69, 9.17) is 16.6 Å². The molecule has 8 nitrogen and oxygen atoms in total. The molecule has 0 spiro atoms. The van der Waals surface area contributed by atoms with Gasteiger partial charge in [0.05, 0.1) is 27.6 Å². The highest BCUT2D eigenvalue weighted by atomic mass is 35.5. The van der Waals surface area contributed by atoms with Gasteiger partial charge in [0.25, 0.3) is 5.56 Å². The summed E-state index contributed by atoms with van der Waals surface area (Å²) in [5.74, 6) is -0.698. The summed E-state index contributed by atoms with van der Waals surface area (Å²) in [4.78, 5) is 39.3. The number of rotatable bonds is 5. The van der Waals surface area contributed by atoms with E-state index in [0.29, 0.717) is 28.1 Å². The van der Waals surface area contributed by atoms with E-state index < -0.39 is 5.97 Å². The van der Waals surface area contributed by atoms with Crippen molar-refractivity contribution < 1.29 is 9.90 Å². The van der Waals surface area contributed by atoms with Gasteiger partial charge in [0.1, 0.15) is 10.8 Å². The van der Waals surface area contributed by atoms with Gasteiger partial charge >= 0.3 is 5.97 Å². The Hall–Kier alpha value is -3.30. The van der Waals surface area contributed by atoms with E-state index in [1.54, 1.807) is 24.5 Å². The Morgan fingerprint density at radius 2 is 1.91 bits per heavy atom. The summed E-state index contributed by atoms with van der Waals surface area (Å²) in [5, 5.41) is 14.2. The summed E-state index contributed by atoms with van der Waals surface area (Å²) in [6.07, 6.45) is 0. The summed E-state index contributed by atoms with van der Waals surface area (Å²) in [6.45, 7) is 7.66. The number of halogens is 1. The number of benzene rings is 1. The molecule has 1 atom stereocenters. The minimum absolute atomic E-state index is 0.0929. The van der Waals surface area contributed by atoms with Gasteiger partial charge in [-0.05, 0) is 51.5 Å². The molecule has 0 aliphatic rings. The Kier molecular flexibility index (Phi) is 5.94. The summed E-state index contributed by atoms with van der Waals surface area (Å²) in [5.41, 5.74) is 2.86. The zero-order chi connectivity index (χ0) is 24.0. The van der Waals surface area contributed by atoms with Gasteiger partial charge in [0.2, 0.25) is 0 Å².